The Balaban J connectivity index is 2.91. The molecule has 0 atom stereocenters. The third-order valence-electron chi connectivity index (χ3n) is 4.01. The third-order valence-corrected chi connectivity index (χ3v) is 4.01. The van der Waals surface area contributed by atoms with Crippen LogP contribution in [0.25, 0.3) is 0 Å². The number of rotatable bonds is 7. The minimum atomic E-state index is -1.22. The number of carbonyl (C=O) groups is 2. The Bertz CT molecular complexity index is 308. The van der Waals surface area contributed by atoms with Crippen molar-refractivity contribution in [2.45, 2.75) is 52.0 Å². The summed E-state index contributed by atoms with van der Waals surface area (Å²) in [5.41, 5.74) is -1.22. The summed E-state index contributed by atoms with van der Waals surface area (Å²) in [4.78, 5) is 25.4. The molecule has 0 aromatic carbocycles. The second-order valence-electron chi connectivity index (χ2n) is 4.93. The Hall–Kier alpha value is -1.10. The van der Waals surface area contributed by atoms with Gasteiger partial charge in [-0.1, -0.05) is 20.3 Å². The quantitative estimate of drug-likeness (QED) is 0.673. The molecule has 104 valence electrons. The summed E-state index contributed by atoms with van der Waals surface area (Å²) in [7, 11) is 0. The van der Waals surface area contributed by atoms with Crippen LogP contribution in [-0.2, 0) is 9.59 Å². The van der Waals surface area contributed by atoms with Crippen LogP contribution < -0.4 is 0 Å². The molecule has 18 heavy (non-hydrogen) atoms. The second-order valence-corrected chi connectivity index (χ2v) is 4.93. The molecular formula is C13H23NO4. The molecule has 1 rings (SSSR count). The Kier molecular flexibility index (Phi) is 5.14. The fourth-order valence-corrected chi connectivity index (χ4v) is 2.61. The van der Waals surface area contributed by atoms with Gasteiger partial charge in [0, 0.05) is 12.6 Å². The van der Waals surface area contributed by atoms with Gasteiger partial charge in [-0.15, -0.1) is 0 Å². The Morgan fingerprint density at radius 3 is 2.11 bits per heavy atom. The van der Waals surface area contributed by atoms with Gasteiger partial charge in [0.15, 0.2) is 0 Å². The first-order valence-electron chi connectivity index (χ1n) is 6.68. The summed E-state index contributed by atoms with van der Waals surface area (Å²) in [6.45, 7) is 4.04. The van der Waals surface area contributed by atoms with Crippen molar-refractivity contribution in [3.05, 3.63) is 0 Å². The van der Waals surface area contributed by atoms with Crippen LogP contribution in [0.4, 0.5) is 0 Å². The SMILES string of the molecule is CCC(CC)N(CCO)C(=O)C1(C(=O)O)CCC1. The average Bonchev–Trinajstić information content (AvgIpc) is 2.27. The number of carboxylic acid groups (broad SMARTS) is 1. The van der Waals surface area contributed by atoms with Crippen LogP contribution in [0, 0.1) is 5.41 Å². The molecule has 0 saturated heterocycles. The van der Waals surface area contributed by atoms with E-state index in [-0.39, 0.29) is 25.1 Å². The van der Waals surface area contributed by atoms with Gasteiger partial charge < -0.3 is 15.1 Å². The zero-order valence-electron chi connectivity index (χ0n) is 11.2. The van der Waals surface area contributed by atoms with Crippen molar-refractivity contribution < 1.29 is 19.8 Å². The second kappa shape index (κ2) is 6.18. The molecule has 1 amide bonds. The van der Waals surface area contributed by atoms with Crippen molar-refractivity contribution in [1.29, 1.82) is 0 Å². The van der Waals surface area contributed by atoms with E-state index in [2.05, 4.69) is 0 Å². The molecular weight excluding hydrogens is 234 g/mol. The largest absolute Gasteiger partial charge is 0.480 e. The minimum absolute atomic E-state index is 0.0153. The summed E-state index contributed by atoms with van der Waals surface area (Å²) in [6.07, 6.45) is 3.18. The molecule has 0 aliphatic heterocycles. The summed E-state index contributed by atoms with van der Waals surface area (Å²) in [5, 5.41) is 18.4. The maximum atomic E-state index is 12.5. The van der Waals surface area contributed by atoms with Crippen LogP contribution in [0.3, 0.4) is 0 Å². The van der Waals surface area contributed by atoms with Gasteiger partial charge in [0.25, 0.3) is 0 Å². The van der Waals surface area contributed by atoms with E-state index in [1.165, 1.54) is 0 Å². The van der Waals surface area contributed by atoms with Gasteiger partial charge in [-0.25, -0.2) is 0 Å². The standard InChI is InChI=1S/C13H23NO4/c1-3-10(4-2)14(8-9-15)11(16)13(12(17)18)6-5-7-13/h10,15H,3-9H2,1-2H3,(H,17,18). The maximum absolute atomic E-state index is 12.5. The highest BCUT2D eigenvalue weighted by Gasteiger charge is 2.53. The Morgan fingerprint density at radius 1 is 1.28 bits per heavy atom. The molecule has 0 spiro atoms. The number of amides is 1. The van der Waals surface area contributed by atoms with Gasteiger partial charge in [-0.3, -0.25) is 9.59 Å². The zero-order valence-corrected chi connectivity index (χ0v) is 11.2. The number of hydrogen-bond acceptors (Lipinski definition) is 3. The normalized spacial score (nSPS) is 17.3. The zero-order chi connectivity index (χ0) is 13.8. The predicted molar refractivity (Wildman–Crippen MR) is 67.1 cm³/mol. The van der Waals surface area contributed by atoms with Crippen LogP contribution >= 0.6 is 0 Å². The van der Waals surface area contributed by atoms with E-state index in [0.717, 1.165) is 19.3 Å². The summed E-state index contributed by atoms with van der Waals surface area (Å²) >= 11 is 0. The van der Waals surface area contributed by atoms with Gasteiger partial charge in [0.2, 0.25) is 5.91 Å². The fourth-order valence-electron chi connectivity index (χ4n) is 2.61. The van der Waals surface area contributed by atoms with E-state index in [0.29, 0.717) is 12.8 Å². The number of aliphatic hydroxyl groups excluding tert-OH is 1. The lowest BCUT2D eigenvalue weighted by Crippen LogP contribution is -2.55. The predicted octanol–water partition coefficient (Wildman–Crippen LogP) is 1.25. The molecule has 0 bridgehead atoms. The van der Waals surface area contributed by atoms with Crippen molar-refractivity contribution in [3.8, 4) is 0 Å². The van der Waals surface area contributed by atoms with Crippen molar-refractivity contribution in [3.63, 3.8) is 0 Å². The Morgan fingerprint density at radius 2 is 1.83 bits per heavy atom. The monoisotopic (exact) mass is 257 g/mol. The molecule has 0 heterocycles. The molecule has 5 nitrogen and oxygen atoms in total. The van der Waals surface area contributed by atoms with E-state index in [1.54, 1.807) is 4.90 Å². The van der Waals surface area contributed by atoms with Crippen molar-refractivity contribution in [1.82, 2.24) is 4.90 Å². The molecule has 0 radical (unpaired) electrons. The number of aliphatic carboxylic acids is 1. The molecule has 1 saturated carbocycles. The van der Waals surface area contributed by atoms with Crippen molar-refractivity contribution in [2.75, 3.05) is 13.2 Å². The van der Waals surface area contributed by atoms with E-state index >= 15 is 0 Å². The topological polar surface area (TPSA) is 77.8 Å². The van der Waals surface area contributed by atoms with Crippen molar-refractivity contribution in [2.24, 2.45) is 5.41 Å². The molecule has 5 heteroatoms. The van der Waals surface area contributed by atoms with Gasteiger partial charge in [-0.2, -0.15) is 0 Å². The lowest BCUT2D eigenvalue weighted by atomic mass is 9.67. The third kappa shape index (κ3) is 2.51. The summed E-state index contributed by atoms with van der Waals surface area (Å²) < 4.78 is 0. The molecule has 2 N–H and O–H groups in total. The fraction of sp³-hybridized carbons (Fsp3) is 0.846. The first-order chi connectivity index (χ1) is 8.53. The van der Waals surface area contributed by atoms with Gasteiger partial charge in [0.05, 0.1) is 6.61 Å². The van der Waals surface area contributed by atoms with Crippen LogP contribution in [0.5, 0.6) is 0 Å². The first-order valence-corrected chi connectivity index (χ1v) is 6.68. The van der Waals surface area contributed by atoms with Crippen LogP contribution in [0.1, 0.15) is 46.0 Å². The van der Waals surface area contributed by atoms with Gasteiger partial charge in [0.1, 0.15) is 5.41 Å². The Labute approximate surface area is 108 Å². The van der Waals surface area contributed by atoms with Gasteiger partial charge in [-0.05, 0) is 25.7 Å². The van der Waals surface area contributed by atoms with E-state index < -0.39 is 11.4 Å². The highest BCUT2D eigenvalue weighted by Crippen LogP contribution is 2.43. The summed E-state index contributed by atoms with van der Waals surface area (Å²) in [5.74, 6) is -1.34. The molecule has 1 fully saturated rings. The first kappa shape index (κ1) is 15.0. The van der Waals surface area contributed by atoms with E-state index in [4.69, 9.17) is 5.11 Å². The number of carbonyl (C=O) groups excluding carboxylic acids is 1. The molecule has 0 unspecified atom stereocenters. The van der Waals surface area contributed by atoms with Gasteiger partial charge >= 0.3 is 5.97 Å². The molecule has 1 aliphatic rings. The molecule has 0 aromatic heterocycles. The lowest BCUT2D eigenvalue weighted by molar-refractivity contribution is -0.169. The minimum Gasteiger partial charge on any atom is -0.480 e. The smallest absolute Gasteiger partial charge is 0.319 e. The van der Waals surface area contributed by atoms with E-state index in [1.807, 2.05) is 13.8 Å². The van der Waals surface area contributed by atoms with Crippen molar-refractivity contribution >= 4 is 11.9 Å². The maximum Gasteiger partial charge on any atom is 0.319 e. The number of carboxylic acids is 1. The number of aliphatic hydroxyl groups is 1. The summed E-state index contributed by atoms with van der Waals surface area (Å²) in [6, 6.07) is 0.0153. The highest BCUT2D eigenvalue weighted by molar-refractivity contribution is 6.03. The molecule has 0 aromatic rings. The average molecular weight is 257 g/mol. The number of nitrogens with zero attached hydrogens (tertiary/aromatic N) is 1. The van der Waals surface area contributed by atoms with Crippen LogP contribution in [0.2, 0.25) is 0 Å². The highest BCUT2D eigenvalue weighted by atomic mass is 16.4. The van der Waals surface area contributed by atoms with Crippen LogP contribution in [0.15, 0.2) is 0 Å². The molecule has 1 aliphatic carbocycles. The van der Waals surface area contributed by atoms with Crippen LogP contribution in [-0.4, -0.2) is 46.2 Å². The number of hydrogen-bond donors (Lipinski definition) is 2. The van der Waals surface area contributed by atoms with E-state index in [9.17, 15) is 14.7 Å². The lowest BCUT2D eigenvalue weighted by Gasteiger charge is -2.42.